The van der Waals surface area contributed by atoms with Gasteiger partial charge in [0.15, 0.2) is 0 Å². The van der Waals surface area contributed by atoms with Crippen molar-refractivity contribution in [3.05, 3.63) is 28.2 Å². The third kappa shape index (κ3) is 5.33. The van der Waals surface area contributed by atoms with Crippen molar-refractivity contribution in [2.45, 2.75) is 58.9 Å². The molecular weight excluding hydrogens is 368 g/mol. The zero-order chi connectivity index (χ0) is 17.9. The molecule has 0 radical (unpaired) electrons. The lowest BCUT2D eigenvalue weighted by Gasteiger charge is -2.30. The molecule has 1 fully saturated rings. The van der Waals surface area contributed by atoms with Crippen LogP contribution in [0.5, 0.6) is 0 Å². The Morgan fingerprint density at radius 1 is 1.04 bits per heavy atom. The van der Waals surface area contributed by atoms with E-state index < -0.39 is 0 Å². The Morgan fingerprint density at radius 3 is 2.08 bits per heavy atom. The van der Waals surface area contributed by atoms with Crippen molar-refractivity contribution in [2.75, 3.05) is 5.32 Å². The first-order valence-electron chi connectivity index (χ1n) is 8.55. The lowest BCUT2D eigenvalue weighted by Crippen LogP contribution is -2.45. The molecule has 0 unspecified atom stereocenters. The Balaban J connectivity index is 1.86. The molecule has 0 aliphatic heterocycles. The van der Waals surface area contributed by atoms with Gasteiger partial charge in [-0.05, 0) is 71.1 Å². The highest BCUT2D eigenvalue weighted by Crippen LogP contribution is 2.30. The molecule has 0 atom stereocenters. The molecule has 0 heterocycles. The molecule has 1 aromatic carbocycles. The fourth-order valence-corrected chi connectivity index (χ4v) is 3.38. The monoisotopic (exact) mass is 394 g/mol. The molecule has 24 heavy (non-hydrogen) atoms. The van der Waals surface area contributed by atoms with Crippen LogP contribution in [0.3, 0.4) is 0 Å². The zero-order valence-electron chi connectivity index (χ0n) is 14.9. The second-order valence-corrected chi connectivity index (χ2v) is 8.60. The van der Waals surface area contributed by atoms with Crippen LogP contribution >= 0.6 is 15.9 Å². The Labute approximate surface area is 152 Å². The predicted molar refractivity (Wildman–Crippen MR) is 101 cm³/mol. The van der Waals surface area contributed by atoms with E-state index in [0.717, 1.165) is 41.4 Å². The summed E-state index contributed by atoms with van der Waals surface area (Å²) in [5, 5.41) is 6.03. The summed E-state index contributed by atoms with van der Waals surface area (Å²) in [5.41, 5.74) is 1.74. The average molecular weight is 395 g/mol. The first-order valence-corrected chi connectivity index (χ1v) is 9.34. The molecule has 1 saturated carbocycles. The van der Waals surface area contributed by atoms with Crippen molar-refractivity contribution < 1.29 is 9.59 Å². The van der Waals surface area contributed by atoms with Crippen molar-refractivity contribution in [1.82, 2.24) is 5.32 Å². The zero-order valence-corrected chi connectivity index (χ0v) is 16.5. The number of amides is 2. The van der Waals surface area contributed by atoms with E-state index in [4.69, 9.17) is 0 Å². The SMILES string of the molecule is Cc1ccc(NC(=O)C2CCC(C(=O)NC(C)(C)C)CC2)cc1Br. The van der Waals surface area contributed by atoms with Gasteiger partial charge < -0.3 is 10.6 Å². The molecule has 2 rings (SSSR count). The second kappa shape index (κ2) is 7.68. The van der Waals surface area contributed by atoms with Gasteiger partial charge in [0.05, 0.1) is 0 Å². The molecule has 132 valence electrons. The molecule has 1 aliphatic rings. The van der Waals surface area contributed by atoms with Crippen molar-refractivity contribution in [3.63, 3.8) is 0 Å². The van der Waals surface area contributed by atoms with Gasteiger partial charge in [0.25, 0.3) is 0 Å². The molecule has 1 aromatic rings. The van der Waals surface area contributed by atoms with E-state index >= 15 is 0 Å². The molecule has 0 aromatic heterocycles. The number of benzene rings is 1. The third-order valence-electron chi connectivity index (χ3n) is 4.41. The van der Waals surface area contributed by atoms with Gasteiger partial charge in [-0.1, -0.05) is 22.0 Å². The molecule has 0 saturated heterocycles. The topological polar surface area (TPSA) is 58.2 Å². The number of rotatable bonds is 3. The van der Waals surface area contributed by atoms with E-state index in [1.165, 1.54) is 0 Å². The van der Waals surface area contributed by atoms with E-state index in [1.54, 1.807) is 0 Å². The minimum Gasteiger partial charge on any atom is -0.351 e. The van der Waals surface area contributed by atoms with Crippen LogP contribution in [0.25, 0.3) is 0 Å². The van der Waals surface area contributed by atoms with Gasteiger partial charge in [-0.25, -0.2) is 0 Å². The summed E-state index contributed by atoms with van der Waals surface area (Å²) < 4.78 is 0.989. The quantitative estimate of drug-likeness (QED) is 0.796. The fraction of sp³-hybridized carbons (Fsp3) is 0.579. The second-order valence-electron chi connectivity index (χ2n) is 7.74. The Hall–Kier alpha value is -1.36. The van der Waals surface area contributed by atoms with Crippen LogP contribution in [-0.2, 0) is 9.59 Å². The maximum atomic E-state index is 12.4. The minimum absolute atomic E-state index is 0.0104. The van der Waals surface area contributed by atoms with E-state index in [-0.39, 0.29) is 29.2 Å². The molecular formula is C19H27BrN2O2. The van der Waals surface area contributed by atoms with E-state index in [0.29, 0.717) is 0 Å². The molecule has 0 bridgehead atoms. The van der Waals surface area contributed by atoms with Gasteiger partial charge in [-0.15, -0.1) is 0 Å². The summed E-state index contributed by atoms with van der Waals surface area (Å²) in [6.45, 7) is 7.98. The van der Waals surface area contributed by atoms with Crippen LogP contribution in [0.4, 0.5) is 5.69 Å². The van der Waals surface area contributed by atoms with E-state index in [2.05, 4.69) is 26.6 Å². The lowest BCUT2D eigenvalue weighted by atomic mass is 9.81. The Kier molecular flexibility index (Phi) is 6.07. The van der Waals surface area contributed by atoms with Crippen molar-refractivity contribution in [3.8, 4) is 0 Å². The summed E-state index contributed by atoms with van der Waals surface area (Å²) in [7, 11) is 0. The molecule has 5 heteroatoms. The highest BCUT2D eigenvalue weighted by Gasteiger charge is 2.31. The normalized spacial score (nSPS) is 21.2. The Morgan fingerprint density at radius 2 is 1.58 bits per heavy atom. The number of aryl methyl sites for hydroxylation is 1. The predicted octanol–water partition coefficient (Wildman–Crippen LogP) is 4.42. The maximum absolute atomic E-state index is 12.4. The molecule has 1 aliphatic carbocycles. The van der Waals surface area contributed by atoms with Crippen molar-refractivity contribution in [1.29, 1.82) is 0 Å². The highest BCUT2D eigenvalue weighted by atomic mass is 79.9. The molecule has 0 spiro atoms. The number of halogens is 1. The fourth-order valence-electron chi connectivity index (χ4n) is 3.00. The maximum Gasteiger partial charge on any atom is 0.227 e. The van der Waals surface area contributed by atoms with E-state index in [1.807, 2.05) is 45.9 Å². The van der Waals surface area contributed by atoms with Crippen molar-refractivity contribution >= 4 is 33.4 Å². The highest BCUT2D eigenvalue weighted by molar-refractivity contribution is 9.10. The van der Waals surface area contributed by atoms with Crippen LogP contribution in [-0.4, -0.2) is 17.4 Å². The average Bonchev–Trinajstić information content (AvgIpc) is 2.49. The lowest BCUT2D eigenvalue weighted by molar-refractivity contribution is -0.129. The standard InChI is InChI=1S/C19H27BrN2O2/c1-12-5-10-15(11-16(12)20)21-17(23)13-6-8-14(9-7-13)18(24)22-19(2,3)4/h5,10-11,13-14H,6-9H2,1-4H3,(H,21,23)(H,22,24). The number of carbonyl (C=O) groups excluding carboxylic acids is 2. The summed E-state index contributed by atoms with van der Waals surface area (Å²) in [5.74, 6) is 0.190. The largest absolute Gasteiger partial charge is 0.351 e. The van der Waals surface area contributed by atoms with Crippen LogP contribution in [0.15, 0.2) is 22.7 Å². The van der Waals surface area contributed by atoms with Crippen LogP contribution in [0, 0.1) is 18.8 Å². The van der Waals surface area contributed by atoms with Crippen molar-refractivity contribution in [2.24, 2.45) is 11.8 Å². The number of anilines is 1. The number of hydrogen-bond donors (Lipinski definition) is 2. The number of hydrogen-bond acceptors (Lipinski definition) is 2. The smallest absolute Gasteiger partial charge is 0.227 e. The van der Waals surface area contributed by atoms with Gasteiger partial charge in [-0.2, -0.15) is 0 Å². The number of nitrogens with one attached hydrogen (secondary N) is 2. The third-order valence-corrected chi connectivity index (χ3v) is 5.26. The van der Waals surface area contributed by atoms with Gasteiger partial charge >= 0.3 is 0 Å². The molecule has 2 amide bonds. The Bertz CT molecular complexity index is 614. The van der Waals surface area contributed by atoms with Gasteiger partial charge in [-0.3, -0.25) is 9.59 Å². The molecule has 4 nitrogen and oxygen atoms in total. The van der Waals surface area contributed by atoms with Gasteiger partial charge in [0.2, 0.25) is 11.8 Å². The molecule has 2 N–H and O–H groups in total. The summed E-state index contributed by atoms with van der Waals surface area (Å²) in [6.07, 6.45) is 3.08. The summed E-state index contributed by atoms with van der Waals surface area (Å²) in [6, 6.07) is 5.82. The van der Waals surface area contributed by atoms with Gasteiger partial charge in [0.1, 0.15) is 0 Å². The van der Waals surface area contributed by atoms with Crippen LogP contribution in [0.1, 0.15) is 52.0 Å². The number of carbonyl (C=O) groups is 2. The van der Waals surface area contributed by atoms with Crippen LogP contribution < -0.4 is 10.6 Å². The summed E-state index contributed by atoms with van der Waals surface area (Å²) >= 11 is 3.48. The van der Waals surface area contributed by atoms with Crippen LogP contribution in [0.2, 0.25) is 0 Å². The van der Waals surface area contributed by atoms with E-state index in [9.17, 15) is 9.59 Å². The van der Waals surface area contributed by atoms with Gasteiger partial charge in [0, 0.05) is 27.5 Å². The first-order chi connectivity index (χ1) is 11.2. The minimum atomic E-state index is -0.204. The first kappa shape index (κ1) is 19.0. The summed E-state index contributed by atoms with van der Waals surface area (Å²) in [4.78, 5) is 24.7.